The van der Waals surface area contributed by atoms with Crippen LogP contribution < -0.4 is 25.4 Å². The van der Waals surface area contributed by atoms with Gasteiger partial charge in [0.05, 0.1) is 11.5 Å². The summed E-state index contributed by atoms with van der Waals surface area (Å²) in [5.74, 6) is -1.33. The molecule has 0 aliphatic heterocycles. The summed E-state index contributed by atoms with van der Waals surface area (Å²) in [5.41, 5.74) is 0.678. The number of aliphatic carboxylic acids is 1. The average Bonchev–Trinajstić information content (AvgIpc) is 2.93. The molecule has 14 nitrogen and oxygen atoms in total. The molecule has 3 amide bonds. The first kappa shape index (κ1) is 36.8. The number of nitrogens with one attached hydrogen (secondary N) is 4. The molecule has 0 saturated heterocycles. The molecule has 0 unspecified atom stereocenters. The first-order chi connectivity index (χ1) is 21.1. The van der Waals surface area contributed by atoms with E-state index in [1.54, 1.807) is 34.6 Å². The maximum absolute atomic E-state index is 13.1. The van der Waals surface area contributed by atoms with Gasteiger partial charge in [0, 0.05) is 26.1 Å². The van der Waals surface area contributed by atoms with Gasteiger partial charge in [-0.1, -0.05) is 30.3 Å². The minimum atomic E-state index is -4.30. The van der Waals surface area contributed by atoms with Gasteiger partial charge in [-0.2, -0.15) is 4.72 Å². The van der Waals surface area contributed by atoms with Crippen LogP contribution in [0.5, 0.6) is 5.75 Å². The molecule has 0 radical (unpaired) electrons. The molecule has 0 heterocycles. The van der Waals surface area contributed by atoms with E-state index in [1.807, 2.05) is 30.3 Å². The highest BCUT2D eigenvalue weighted by atomic mass is 32.2. The number of hydrogen-bond acceptors (Lipinski definition) is 9. The molecule has 2 aromatic rings. The van der Waals surface area contributed by atoms with Gasteiger partial charge in [0.15, 0.2) is 0 Å². The number of alkyl carbamates (subject to hydrolysis) is 2. The number of benzene rings is 2. The highest BCUT2D eigenvalue weighted by Gasteiger charge is 2.29. The van der Waals surface area contributed by atoms with E-state index in [2.05, 4.69) is 20.7 Å². The van der Waals surface area contributed by atoms with Gasteiger partial charge in [0.1, 0.15) is 24.0 Å². The molecule has 2 aromatic carbocycles. The van der Waals surface area contributed by atoms with Gasteiger partial charge in [-0.3, -0.25) is 9.59 Å². The Balaban J connectivity index is 1.78. The number of carboxylic acid groups (broad SMARTS) is 1. The zero-order chi connectivity index (χ0) is 33.6. The maximum atomic E-state index is 13.1. The smallest absolute Gasteiger partial charge is 0.407 e. The Bertz CT molecular complexity index is 1400. The second-order valence-electron chi connectivity index (χ2n) is 11.1. The van der Waals surface area contributed by atoms with Crippen molar-refractivity contribution in [1.29, 1.82) is 0 Å². The average molecular weight is 651 g/mol. The molecule has 2 rings (SSSR count). The van der Waals surface area contributed by atoms with Crippen LogP contribution in [-0.2, 0) is 35.7 Å². The topological polar surface area (TPSA) is 198 Å². The second kappa shape index (κ2) is 17.2. The number of amides is 3. The van der Waals surface area contributed by atoms with E-state index in [9.17, 15) is 32.7 Å². The van der Waals surface area contributed by atoms with E-state index in [4.69, 9.17) is 14.2 Å². The predicted molar refractivity (Wildman–Crippen MR) is 164 cm³/mol. The Morgan fingerprint density at radius 1 is 0.911 bits per heavy atom. The van der Waals surface area contributed by atoms with Gasteiger partial charge < -0.3 is 35.3 Å². The van der Waals surface area contributed by atoms with Crippen LogP contribution in [0.4, 0.5) is 9.59 Å². The molecular formula is C30H42N4O10S. The molecular weight excluding hydrogens is 608 g/mol. The van der Waals surface area contributed by atoms with Gasteiger partial charge in [-0.15, -0.1) is 0 Å². The third-order valence-electron chi connectivity index (χ3n) is 5.89. The van der Waals surface area contributed by atoms with Crippen LogP contribution in [0.2, 0.25) is 0 Å². The lowest BCUT2D eigenvalue weighted by Crippen LogP contribution is -2.49. The van der Waals surface area contributed by atoms with Crippen molar-refractivity contribution >= 4 is 34.1 Å². The quantitative estimate of drug-likeness (QED) is 0.168. The molecule has 0 aliphatic rings. The van der Waals surface area contributed by atoms with Crippen LogP contribution in [0.3, 0.4) is 0 Å². The zero-order valence-electron chi connectivity index (χ0n) is 26.1. The summed E-state index contributed by atoms with van der Waals surface area (Å²) in [6.45, 7) is 8.21. The van der Waals surface area contributed by atoms with Crippen LogP contribution in [-0.4, -0.2) is 75.5 Å². The highest BCUT2D eigenvalue weighted by Crippen LogP contribution is 2.26. The van der Waals surface area contributed by atoms with Crippen molar-refractivity contribution in [2.45, 2.75) is 70.6 Å². The third kappa shape index (κ3) is 13.9. The van der Waals surface area contributed by atoms with Crippen LogP contribution in [0.25, 0.3) is 0 Å². The Labute approximate surface area is 263 Å². The summed E-state index contributed by atoms with van der Waals surface area (Å²) in [5, 5.41) is 17.0. The lowest BCUT2D eigenvalue weighted by Gasteiger charge is -2.21. The Morgan fingerprint density at radius 3 is 2.13 bits per heavy atom. The summed E-state index contributed by atoms with van der Waals surface area (Å²) in [6, 6.07) is 10.6. The van der Waals surface area contributed by atoms with Gasteiger partial charge >= 0.3 is 18.2 Å². The SMILES string of the molecule is Cc1cc(OCCCC(=O)NCCNC(=O)OCc2ccccc2)cc(C)c1S(=O)(=O)N[C@@H](CNC(=O)OC(C)(C)C)C(=O)O. The molecule has 45 heavy (non-hydrogen) atoms. The van der Waals surface area contributed by atoms with E-state index in [0.717, 1.165) is 5.56 Å². The fourth-order valence-electron chi connectivity index (χ4n) is 3.99. The van der Waals surface area contributed by atoms with Gasteiger partial charge in [-0.25, -0.2) is 18.0 Å². The fraction of sp³-hybridized carbons (Fsp3) is 0.467. The van der Waals surface area contributed by atoms with Crippen molar-refractivity contribution in [3.05, 3.63) is 59.2 Å². The number of carbonyl (C=O) groups is 4. The first-order valence-corrected chi connectivity index (χ1v) is 15.7. The summed E-state index contributed by atoms with van der Waals surface area (Å²) >= 11 is 0. The number of aryl methyl sites for hydroxylation is 2. The van der Waals surface area contributed by atoms with Gasteiger partial charge in [-0.05, 0) is 69.9 Å². The van der Waals surface area contributed by atoms with E-state index >= 15 is 0 Å². The summed E-state index contributed by atoms with van der Waals surface area (Å²) in [4.78, 5) is 47.3. The van der Waals surface area contributed by atoms with E-state index in [1.165, 1.54) is 12.1 Å². The zero-order valence-corrected chi connectivity index (χ0v) is 26.9. The highest BCUT2D eigenvalue weighted by molar-refractivity contribution is 7.89. The van der Waals surface area contributed by atoms with Crippen molar-refractivity contribution in [2.75, 3.05) is 26.2 Å². The first-order valence-electron chi connectivity index (χ1n) is 14.2. The number of rotatable bonds is 16. The van der Waals surface area contributed by atoms with Gasteiger partial charge in [0.2, 0.25) is 15.9 Å². The van der Waals surface area contributed by atoms with Crippen molar-refractivity contribution in [2.24, 2.45) is 0 Å². The Hall–Kier alpha value is -4.37. The van der Waals surface area contributed by atoms with Gasteiger partial charge in [0.25, 0.3) is 0 Å². The Kier molecular flexibility index (Phi) is 14.1. The number of carbonyl (C=O) groups excluding carboxylic acids is 3. The molecule has 15 heteroatoms. The molecule has 0 spiro atoms. The molecule has 0 aromatic heterocycles. The summed E-state index contributed by atoms with van der Waals surface area (Å²) in [7, 11) is -4.30. The molecule has 248 valence electrons. The largest absolute Gasteiger partial charge is 0.494 e. The number of hydrogen-bond donors (Lipinski definition) is 5. The van der Waals surface area contributed by atoms with Crippen molar-refractivity contribution in [1.82, 2.24) is 20.7 Å². The standard InChI is InChI=1S/C30H42N4O10S/c1-20-16-23(42-15-9-12-25(35)31-13-14-32-28(38)43-19-22-10-7-6-8-11-22)17-21(2)26(20)45(40,41)34-24(27(36)37)18-33-29(39)44-30(3,4)5/h6-8,10-11,16-17,24,34H,9,12-15,18-19H2,1-5H3,(H,31,35)(H,32,38)(H,33,39)(H,36,37)/t24-/m0/s1. The van der Waals surface area contributed by atoms with Crippen LogP contribution in [0.1, 0.15) is 50.3 Å². The van der Waals surface area contributed by atoms with Crippen molar-refractivity contribution in [3.63, 3.8) is 0 Å². The number of sulfonamides is 1. The monoisotopic (exact) mass is 650 g/mol. The normalized spacial score (nSPS) is 12.0. The van der Waals surface area contributed by atoms with E-state index < -0.39 is 46.4 Å². The molecule has 1 atom stereocenters. The van der Waals surface area contributed by atoms with Crippen molar-refractivity contribution in [3.8, 4) is 5.75 Å². The van der Waals surface area contributed by atoms with E-state index in [-0.39, 0.29) is 43.5 Å². The van der Waals surface area contributed by atoms with Crippen LogP contribution >= 0.6 is 0 Å². The summed E-state index contributed by atoms with van der Waals surface area (Å²) < 4.78 is 44.2. The molecule has 0 fully saturated rings. The third-order valence-corrected chi connectivity index (χ3v) is 7.67. The Morgan fingerprint density at radius 2 is 1.53 bits per heavy atom. The lowest BCUT2D eigenvalue weighted by atomic mass is 10.1. The van der Waals surface area contributed by atoms with Crippen LogP contribution in [0, 0.1) is 13.8 Å². The second-order valence-corrected chi connectivity index (χ2v) is 12.7. The predicted octanol–water partition coefficient (Wildman–Crippen LogP) is 2.76. The molecule has 0 saturated carbocycles. The molecule has 0 aliphatic carbocycles. The van der Waals surface area contributed by atoms with E-state index in [0.29, 0.717) is 23.3 Å². The lowest BCUT2D eigenvalue weighted by molar-refractivity contribution is -0.138. The van der Waals surface area contributed by atoms with Crippen LogP contribution in [0.15, 0.2) is 47.4 Å². The minimum absolute atomic E-state index is 0.115. The number of ether oxygens (including phenoxy) is 3. The molecule has 0 bridgehead atoms. The maximum Gasteiger partial charge on any atom is 0.407 e. The van der Waals surface area contributed by atoms with Crippen molar-refractivity contribution < 1.29 is 46.9 Å². The molecule has 5 N–H and O–H groups in total. The fourth-order valence-corrected chi connectivity index (χ4v) is 5.64. The summed E-state index contributed by atoms with van der Waals surface area (Å²) in [6.07, 6.45) is -0.921. The number of carboxylic acids is 1. The minimum Gasteiger partial charge on any atom is -0.494 e.